The van der Waals surface area contributed by atoms with Gasteiger partial charge in [0.15, 0.2) is 0 Å². The molecule has 0 spiro atoms. The summed E-state index contributed by atoms with van der Waals surface area (Å²) in [7, 11) is 0. The van der Waals surface area contributed by atoms with Gasteiger partial charge in [-0.3, -0.25) is 14.7 Å². The third-order valence-corrected chi connectivity index (χ3v) is 6.88. The molecule has 194 valence electrons. The zero-order valence-corrected chi connectivity index (χ0v) is 23.3. The highest BCUT2D eigenvalue weighted by Gasteiger charge is 2.40. The van der Waals surface area contributed by atoms with Crippen LogP contribution >= 0.6 is 23.2 Å². The first-order valence-electron chi connectivity index (χ1n) is 12.4. The summed E-state index contributed by atoms with van der Waals surface area (Å²) in [6.45, 7) is 11.3. The highest BCUT2D eigenvalue weighted by atomic mass is 35.5. The van der Waals surface area contributed by atoms with Gasteiger partial charge in [0.05, 0.1) is 24.8 Å². The van der Waals surface area contributed by atoms with E-state index in [1.54, 1.807) is 4.90 Å². The van der Waals surface area contributed by atoms with Crippen molar-refractivity contribution >= 4 is 35.4 Å². The number of hydrogen-bond acceptors (Lipinski definition) is 4. The number of amides is 1. The van der Waals surface area contributed by atoms with Crippen LogP contribution in [0.5, 0.6) is 11.5 Å². The van der Waals surface area contributed by atoms with Crippen molar-refractivity contribution in [2.24, 2.45) is 4.99 Å². The lowest BCUT2D eigenvalue weighted by Crippen LogP contribution is -2.31. The molecule has 0 bridgehead atoms. The van der Waals surface area contributed by atoms with Gasteiger partial charge in [0.1, 0.15) is 23.4 Å². The molecule has 0 aliphatic carbocycles. The molecule has 3 aromatic carbocycles. The summed E-state index contributed by atoms with van der Waals surface area (Å²) in [5.74, 6) is 1.94. The van der Waals surface area contributed by atoms with Gasteiger partial charge in [-0.2, -0.15) is 0 Å². The van der Waals surface area contributed by atoms with Gasteiger partial charge < -0.3 is 9.47 Å². The van der Waals surface area contributed by atoms with Crippen LogP contribution in [-0.2, 0) is 10.2 Å². The SMILES string of the molecule is CCOc1cc(C(C)(C)C)c(OCC)cc1C1=N[C@@H](c2ccc(Cl)cc2)[C@@H](c2ccc(Cl)cc2)N1C=O. The van der Waals surface area contributed by atoms with E-state index < -0.39 is 0 Å². The van der Waals surface area contributed by atoms with E-state index >= 15 is 0 Å². The molecule has 0 aromatic heterocycles. The third-order valence-electron chi connectivity index (χ3n) is 6.37. The lowest BCUT2D eigenvalue weighted by atomic mass is 9.85. The van der Waals surface area contributed by atoms with Gasteiger partial charge in [0.2, 0.25) is 6.41 Å². The first-order chi connectivity index (χ1) is 17.7. The number of amidine groups is 1. The van der Waals surface area contributed by atoms with E-state index in [-0.39, 0.29) is 17.5 Å². The fourth-order valence-electron chi connectivity index (χ4n) is 4.67. The molecule has 4 rings (SSSR count). The van der Waals surface area contributed by atoms with Crippen molar-refractivity contribution in [2.75, 3.05) is 13.2 Å². The van der Waals surface area contributed by atoms with Crippen LogP contribution in [0.15, 0.2) is 65.7 Å². The normalized spacial score (nSPS) is 17.5. The van der Waals surface area contributed by atoms with E-state index in [0.29, 0.717) is 40.4 Å². The number of aliphatic imine (C=N–C) groups is 1. The molecule has 2 atom stereocenters. The van der Waals surface area contributed by atoms with E-state index in [9.17, 15) is 4.79 Å². The summed E-state index contributed by atoms with van der Waals surface area (Å²) in [6, 6.07) is 18.3. The zero-order chi connectivity index (χ0) is 26.7. The maximum Gasteiger partial charge on any atom is 0.215 e. The molecule has 1 heterocycles. The summed E-state index contributed by atoms with van der Waals surface area (Å²) in [5, 5.41) is 1.26. The Morgan fingerprint density at radius 1 is 0.865 bits per heavy atom. The molecule has 1 aliphatic rings. The number of benzene rings is 3. The van der Waals surface area contributed by atoms with Gasteiger partial charge in [-0.05, 0) is 66.8 Å². The van der Waals surface area contributed by atoms with Crippen LogP contribution in [-0.4, -0.2) is 30.4 Å². The Morgan fingerprint density at radius 3 is 1.92 bits per heavy atom. The van der Waals surface area contributed by atoms with Crippen molar-refractivity contribution in [3.05, 3.63) is 93.0 Å². The Hall–Kier alpha value is -3.02. The number of carbonyl (C=O) groups is 1. The first kappa shape index (κ1) is 27.0. The van der Waals surface area contributed by atoms with Gasteiger partial charge in [-0.15, -0.1) is 0 Å². The Labute approximate surface area is 229 Å². The standard InChI is InChI=1S/C30H32Cl2N2O3/c1-6-36-25-17-24(30(3,4)5)26(37-7-2)16-23(25)29-33-27(19-8-12-21(31)13-9-19)28(34(29)18-35)20-10-14-22(32)15-11-20/h8-18,27-28H,6-7H2,1-5H3/t27-,28+/m0/s1. The van der Waals surface area contributed by atoms with Crippen molar-refractivity contribution in [3.8, 4) is 11.5 Å². The molecule has 0 fully saturated rings. The first-order valence-corrected chi connectivity index (χ1v) is 13.2. The Bertz CT molecular complexity index is 1280. The van der Waals surface area contributed by atoms with Crippen molar-refractivity contribution in [1.29, 1.82) is 0 Å². The number of ether oxygens (including phenoxy) is 2. The smallest absolute Gasteiger partial charge is 0.215 e. The molecular weight excluding hydrogens is 507 g/mol. The average Bonchev–Trinajstić information content (AvgIpc) is 3.24. The Morgan fingerprint density at radius 2 is 1.41 bits per heavy atom. The van der Waals surface area contributed by atoms with E-state index in [1.807, 2.05) is 74.5 Å². The second kappa shape index (κ2) is 11.2. The van der Waals surface area contributed by atoms with Crippen molar-refractivity contribution < 1.29 is 14.3 Å². The zero-order valence-electron chi connectivity index (χ0n) is 21.8. The summed E-state index contributed by atoms with van der Waals surface area (Å²) in [4.78, 5) is 19.5. The molecule has 0 N–H and O–H groups in total. The molecular formula is C30H32Cl2N2O3. The van der Waals surface area contributed by atoms with Crippen molar-refractivity contribution in [1.82, 2.24) is 4.90 Å². The Kier molecular flexibility index (Phi) is 8.15. The molecule has 37 heavy (non-hydrogen) atoms. The van der Waals surface area contributed by atoms with Gasteiger partial charge in [-0.25, -0.2) is 0 Å². The second-order valence-electron chi connectivity index (χ2n) is 9.92. The molecule has 1 amide bonds. The quantitative estimate of drug-likeness (QED) is 0.275. The Balaban J connectivity index is 1.94. The fourth-order valence-corrected chi connectivity index (χ4v) is 4.92. The molecule has 0 unspecified atom stereocenters. The predicted octanol–water partition coefficient (Wildman–Crippen LogP) is 7.79. The number of nitrogens with zero attached hydrogens (tertiary/aromatic N) is 2. The summed E-state index contributed by atoms with van der Waals surface area (Å²) in [5.41, 5.74) is 3.43. The monoisotopic (exact) mass is 538 g/mol. The highest BCUT2D eigenvalue weighted by molar-refractivity contribution is 6.30. The van der Waals surface area contributed by atoms with Gasteiger partial charge in [0, 0.05) is 15.6 Å². The van der Waals surface area contributed by atoms with E-state index in [2.05, 4.69) is 20.8 Å². The summed E-state index contributed by atoms with van der Waals surface area (Å²) >= 11 is 12.4. The van der Waals surface area contributed by atoms with Crippen LogP contribution in [0, 0.1) is 0 Å². The summed E-state index contributed by atoms with van der Waals surface area (Å²) in [6.07, 6.45) is 0.835. The van der Waals surface area contributed by atoms with Crippen LogP contribution in [0.4, 0.5) is 0 Å². The molecule has 0 radical (unpaired) electrons. The minimum atomic E-state index is -0.377. The van der Waals surface area contributed by atoms with E-state index in [0.717, 1.165) is 28.8 Å². The van der Waals surface area contributed by atoms with Gasteiger partial charge >= 0.3 is 0 Å². The molecule has 1 aliphatic heterocycles. The maximum atomic E-state index is 12.7. The van der Waals surface area contributed by atoms with Crippen LogP contribution < -0.4 is 9.47 Å². The van der Waals surface area contributed by atoms with Gasteiger partial charge in [-0.1, -0.05) is 68.2 Å². The lowest BCUT2D eigenvalue weighted by molar-refractivity contribution is -0.116. The second-order valence-corrected chi connectivity index (χ2v) is 10.8. The van der Waals surface area contributed by atoms with Crippen LogP contribution in [0.1, 0.15) is 69.0 Å². The molecule has 5 nitrogen and oxygen atoms in total. The number of halogens is 2. The third kappa shape index (κ3) is 5.63. The topological polar surface area (TPSA) is 51.1 Å². The van der Waals surface area contributed by atoms with E-state index in [1.165, 1.54) is 0 Å². The fraction of sp³-hybridized carbons (Fsp3) is 0.333. The largest absolute Gasteiger partial charge is 0.494 e. The number of rotatable bonds is 8. The number of hydrogen-bond donors (Lipinski definition) is 0. The van der Waals surface area contributed by atoms with Gasteiger partial charge in [0.25, 0.3) is 0 Å². The molecule has 0 saturated carbocycles. The number of carbonyl (C=O) groups excluding carboxylic acids is 1. The lowest BCUT2D eigenvalue weighted by Gasteiger charge is -2.28. The average molecular weight is 540 g/mol. The van der Waals surface area contributed by atoms with Crippen LogP contribution in [0.25, 0.3) is 0 Å². The predicted molar refractivity (Wildman–Crippen MR) is 150 cm³/mol. The van der Waals surface area contributed by atoms with Crippen molar-refractivity contribution in [3.63, 3.8) is 0 Å². The maximum absolute atomic E-state index is 12.7. The minimum Gasteiger partial charge on any atom is -0.494 e. The van der Waals surface area contributed by atoms with E-state index in [4.69, 9.17) is 37.7 Å². The minimum absolute atomic E-state index is 0.172. The van der Waals surface area contributed by atoms with Crippen LogP contribution in [0.3, 0.4) is 0 Å². The molecule has 0 saturated heterocycles. The molecule has 7 heteroatoms. The molecule has 3 aromatic rings. The van der Waals surface area contributed by atoms with Crippen molar-refractivity contribution in [2.45, 2.75) is 52.1 Å². The van der Waals surface area contributed by atoms with Crippen LogP contribution in [0.2, 0.25) is 10.0 Å². The summed E-state index contributed by atoms with van der Waals surface area (Å²) < 4.78 is 12.2. The highest BCUT2D eigenvalue weighted by Crippen LogP contribution is 2.45.